The molecule has 0 saturated carbocycles. The van der Waals surface area contributed by atoms with Crippen LogP contribution in [0.25, 0.3) is 10.1 Å². The highest BCUT2D eigenvalue weighted by molar-refractivity contribution is 7.20. The Morgan fingerprint density at radius 3 is 2.61 bits per heavy atom. The summed E-state index contributed by atoms with van der Waals surface area (Å²) in [5.74, 6) is -0.208. The van der Waals surface area contributed by atoms with Crippen LogP contribution in [-0.4, -0.2) is 12.0 Å². The number of hydrogen-bond acceptors (Lipinski definition) is 2. The standard InChI is InChI=1S/C13H11F3OS/c14-13(15,16)7-3-5-10(17)12-8-9-4-1-2-6-11(9)18-12/h1-2,4,6,8H,3,5,7H2. The second-order valence-corrected chi connectivity index (χ2v) is 5.12. The molecule has 18 heavy (non-hydrogen) atoms. The van der Waals surface area contributed by atoms with Crippen LogP contribution in [0.4, 0.5) is 13.2 Å². The van der Waals surface area contributed by atoms with Crippen LogP contribution < -0.4 is 0 Å². The van der Waals surface area contributed by atoms with E-state index in [0.29, 0.717) is 4.88 Å². The quantitative estimate of drug-likeness (QED) is 0.729. The average Bonchev–Trinajstić information content (AvgIpc) is 2.70. The summed E-state index contributed by atoms with van der Waals surface area (Å²) in [4.78, 5) is 12.3. The normalized spacial score (nSPS) is 11.9. The van der Waals surface area contributed by atoms with Gasteiger partial charge in [-0.1, -0.05) is 18.2 Å². The molecular formula is C13H11F3OS. The molecule has 0 fully saturated rings. The summed E-state index contributed by atoms with van der Waals surface area (Å²) in [7, 11) is 0. The number of alkyl halides is 3. The number of ketones is 1. The Morgan fingerprint density at radius 2 is 1.94 bits per heavy atom. The lowest BCUT2D eigenvalue weighted by molar-refractivity contribution is -0.135. The van der Waals surface area contributed by atoms with E-state index < -0.39 is 12.6 Å². The first-order valence-electron chi connectivity index (χ1n) is 5.54. The van der Waals surface area contributed by atoms with Gasteiger partial charge >= 0.3 is 6.18 Å². The van der Waals surface area contributed by atoms with Gasteiger partial charge in [0, 0.05) is 17.5 Å². The third-order valence-corrected chi connectivity index (χ3v) is 3.72. The van der Waals surface area contributed by atoms with Gasteiger partial charge in [0.15, 0.2) is 5.78 Å². The molecule has 1 aromatic heterocycles. The number of halogens is 3. The van der Waals surface area contributed by atoms with E-state index >= 15 is 0 Å². The molecule has 0 spiro atoms. The molecular weight excluding hydrogens is 261 g/mol. The minimum absolute atomic E-state index is 0.0493. The minimum Gasteiger partial charge on any atom is -0.293 e. The van der Waals surface area contributed by atoms with Crippen molar-refractivity contribution in [1.29, 1.82) is 0 Å². The molecule has 0 aliphatic heterocycles. The molecule has 0 atom stereocenters. The average molecular weight is 272 g/mol. The van der Waals surface area contributed by atoms with E-state index in [9.17, 15) is 18.0 Å². The van der Waals surface area contributed by atoms with Crippen LogP contribution in [0, 0.1) is 0 Å². The first kappa shape index (κ1) is 13.1. The van der Waals surface area contributed by atoms with Crippen LogP contribution in [0.1, 0.15) is 28.9 Å². The Balaban J connectivity index is 2.01. The van der Waals surface area contributed by atoms with Gasteiger partial charge in [-0.05, 0) is 23.9 Å². The number of Topliss-reactive ketones (excluding diaryl/α,β-unsaturated/α-hetero) is 1. The number of carbonyl (C=O) groups is 1. The maximum absolute atomic E-state index is 12.0. The number of thiophene rings is 1. The zero-order chi connectivity index (χ0) is 13.2. The Kier molecular flexibility index (Phi) is 3.71. The van der Waals surface area contributed by atoms with Gasteiger partial charge in [-0.25, -0.2) is 0 Å². The molecule has 0 amide bonds. The van der Waals surface area contributed by atoms with Crippen molar-refractivity contribution >= 4 is 27.2 Å². The third-order valence-electron chi connectivity index (χ3n) is 2.56. The topological polar surface area (TPSA) is 17.1 Å². The Morgan fingerprint density at radius 1 is 1.22 bits per heavy atom. The summed E-state index contributed by atoms with van der Waals surface area (Å²) in [5, 5.41) is 0.960. The third kappa shape index (κ3) is 3.32. The molecule has 2 rings (SSSR count). The number of fused-ring (bicyclic) bond motifs is 1. The number of rotatable bonds is 4. The summed E-state index contributed by atoms with van der Waals surface area (Å²) >= 11 is 1.33. The van der Waals surface area contributed by atoms with Crippen molar-refractivity contribution in [3.63, 3.8) is 0 Å². The molecule has 1 aromatic carbocycles. The summed E-state index contributed by atoms with van der Waals surface area (Å²) in [6, 6.07) is 9.27. The van der Waals surface area contributed by atoms with Gasteiger partial charge in [0.05, 0.1) is 4.88 Å². The Hall–Kier alpha value is -1.36. The van der Waals surface area contributed by atoms with Gasteiger partial charge in [-0.2, -0.15) is 13.2 Å². The maximum atomic E-state index is 12.0. The molecule has 0 bridgehead atoms. The lowest BCUT2D eigenvalue weighted by Crippen LogP contribution is -2.08. The van der Waals surface area contributed by atoms with Crippen molar-refractivity contribution in [1.82, 2.24) is 0 Å². The van der Waals surface area contributed by atoms with E-state index in [1.165, 1.54) is 11.3 Å². The van der Waals surface area contributed by atoms with E-state index in [0.717, 1.165) is 10.1 Å². The van der Waals surface area contributed by atoms with E-state index in [-0.39, 0.29) is 18.6 Å². The predicted octanol–water partition coefficient (Wildman–Crippen LogP) is 4.82. The molecule has 5 heteroatoms. The van der Waals surface area contributed by atoms with Gasteiger partial charge in [0.25, 0.3) is 0 Å². The summed E-state index contributed by atoms with van der Waals surface area (Å²) < 4.78 is 36.9. The monoisotopic (exact) mass is 272 g/mol. The highest BCUT2D eigenvalue weighted by Crippen LogP contribution is 2.28. The lowest BCUT2D eigenvalue weighted by atomic mass is 10.1. The fourth-order valence-corrected chi connectivity index (χ4v) is 2.72. The Labute approximate surface area is 106 Å². The first-order chi connectivity index (χ1) is 8.46. The molecule has 0 aliphatic rings. The smallest absolute Gasteiger partial charge is 0.293 e. The van der Waals surface area contributed by atoms with Gasteiger partial charge in [-0.15, -0.1) is 11.3 Å². The number of benzene rings is 1. The van der Waals surface area contributed by atoms with Gasteiger partial charge < -0.3 is 0 Å². The lowest BCUT2D eigenvalue weighted by Gasteiger charge is -2.04. The molecule has 2 aromatic rings. The number of carbonyl (C=O) groups excluding carboxylic acids is 1. The highest BCUT2D eigenvalue weighted by atomic mass is 32.1. The molecule has 0 N–H and O–H groups in total. The fraction of sp³-hybridized carbons (Fsp3) is 0.308. The van der Waals surface area contributed by atoms with Crippen molar-refractivity contribution in [3.8, 4) is 0 Å². The second kappa shape index (κ2) is 5.10. The van der Waals surface area contributed by atoms with E-state index in [1.807, 2.05) is 24.3 Å². The van der Waals surface area contributed by atoms with Gasteiger partial charge in [0.1, 0.15) is 0 Å². The molecule has 1 heterocycles. The van der Waals surface area contributed by atoms with E-state index in [2.05, 4.69) is 0 Å². The summed E-state index contributed by atoms with van der Waals surface area (Å²) in [6.07, 6.45) is -5.27. The zero-order valence-electron chi connectivity index (χ0n) is 9.46. The van der Waals surface area contributed by atoms with Crippen LogP contribution in [0.2, 0.25) is 0 Å². The van der Waals surface area contributed by atoms with Crippen molar-refractivity contribution in [3.05, 3.63) is 35.2 Å². The maximum Gasteiger partial charge on any atom is 0.389 e. The van der Waals surface area contributed by atoms with Crippen LogP contribution >= 0.6 is 11.3 Å². The van der Waals surface area contributed by atoms with Crippen molar-refractivity contribution < 1.29 is 18.0 Å². The predicted molar refractivity (Wildman–Crippen MR) is 66.1 cm³/mol. The van der Waals surface area contributed by atoms with Gasteiger partial charge in [-0.3, -0.25) is 4.79 Å². The van der Waals surface area contributed by atoms with E-state index in [4.69, 9.17) is 0 Å². The van der Waals surface area contributed by atoms with Crippen molar-refractivity contribution in [2.24, 2.45) is 0 Å². The summed E-state index contributed by atoms with van der Waals surface area (Å²) in [6.45, 7) is 0. The first-order valence-corrected chi connectivity index (χ1v) is 6.36. The van der Waals surface area contributed by atoms with Crippen LogP contribution in [-0.2, 0) is 0 Å². The molecule has 96 valence electrons. The molecule has 1 nitrogen and oxygen atoms in total. The van der Waals surface area contributed by atoms with E-state index in [1.54, 1.807) is 6.07 Å². The second-order valence-electron chi connectivity index (χ2n) is 4.04. The van der Waals surface area contributed by atoms with Crippen LogP contribution in [0.5, 0.6) is 0 Å². The fourth-order valence-electron chi connectivity index (χ4n) is 1.69. The minimum atomic E-state index is -4.18. The van der Waals surface area contributed by atoms with Crippen LogP contribution in [0.15, 0.2) is 30.3 Å². The summed E-state index contributed by atoms with van der Waals surface area (Å²) in [5.41, 5.74) is 0. The zero-order valence-corrected chi connectivity index (χ0v) is 10.3. The molecule has 0 unspecified atom stereocenters. The largest absolute Gasteiger partial charge is 0.389 e. The van der Waals surface area contributed by atoms with Crippen molar-refractivity contribution in [2.75, 3.05) is 0 Å². The molecule has 0 aliphatic carbocycles. The SMILES string of the molecule is O=C(CCCC(F)(F)F)c1cc2ccccc2s1. The number of hydrogen-bond donors (Lipinski definition) is 0. The van der Waals surface area contributed by atoms with Crippen molar-refractivity contribution in [2.45, 2.75) is 25.4 Å². The highest BCUT2D eigenvalue weighted by Gasteiger charge is 2.26. The Bertz CT molecular complexity index is 524. The van der Waals surface area contributed by atoms with Crippen LogP contribution in [0.3, 0.4) is 0 Å². The molecule has 0 saturated heterocycles. The van der Waals surface area contributed by atoms with Gasteiger partial charge in [0.2, 0.25) is 0 Å². The molecule has 0 radical (unpaired) electrons.